The molecule has 92 valence electrons. The Balaban J connectivity index is 1.81. The van der Waals surface area contributed by atoms with Crippen LogP contribution in [0.1, 0.15) is 25.7 Å². The van der Waals surface area contributed by atoms with Crippen molar-refractivity contribution in [1.29, 1.82) is 0 Å². The molecule has 1 fully saturated rings. The van der Waals surface area contributed by atoms with Crippen LogP contribution in [0, 0.1) is 0 Å². The SMILES string of the molecule is NC1CCCC(OC(=O)Oc2ccccc2)C1. The number of ether oxygens (including phenoxy) is 2. The third-order valence-electron chi connectivity index (χ3n) is 2.87. The Hall–Kier alpha value is -1.55. The van der Waals surface area contributed by atoms with Gasteiger partial charge in [0.15, 0.2) is 0 Å². The molecule has 1 saturated carbocycles. The van der Waals surface area contributed by atoms with Gasteiger partial charge >= 0.3 is 6.16 Å². The highest BCUT2D eigenvalue weighted by Crippen LogP contribution is 2.20. The predicted molar refractivity (Wildman–Crippen MR) is 63.8 cm³/mol. The second-order valence-corrected chi connectivity index (χ2v) is 4.33. The number of benzene rings is 1. The van der Waals surface area contributed by atoms with E-state index in [1.165, 1.54) is 0 Å². The summed E-state index contributed by atoms with van der Waals surface area (Å²) in [5, 5.41) is 0. The minimum absolute atomic E-state index is 0.102. The average Bonchev–Trinajstić information content (AvgIpc) is 2.30. The van der Waals surface area contributed by atoms with Crippen LogP contribution >= 0.6 is 0 Å². The van der Waals surface area contributed by atoms with Crippen LogP contribution in [0.25, 0.3) is 0 Å². The molecule has 2 rings (SSSR count). The fourth-order valence-electron chi connectivity index (χ4n) is 2.03. The minimum atomic E-state index is -0.643. The van der Waals surface area contributed by atoms with E-state index in [2.05, 4.69) is 0 Å². The zero-order valence-corrected chi connectivity index (χ0v) is 9.67. The zero-order chi connectivity index (χ0) is 12.1. The molecular weight excluding hydrogens is 218 g/mol. The molecule has 1 aromatic rings. The fraction of sp³-hybridized carbons (Fsp3) is 0.462. The third-order valence-corrected chi connectivity index (χ3v) is 2.87. The van der Waals surface area contributed by atoms with Gasteiger partial charge < -0.3 is 15.2 Å². The first-order valence-corrected chi connectivity index (χ1v) is 5.93. The molecule has 0 bridgehead atoms. The van der Waals surface area contributed by atoms with Gasteiger partial charge in [0.05, 0.1) is 0 Å². The molecule has 1 aliphatic carbocycles. The summed E-state index contributed by atoms with van der Waals surface area (Å²) in [5.41, 5.74) is 5.82. The lowest BCUT2D eigenvalue weighted by atomic mass is 9.94. The fourth-order valence-corrected chi connectivity index (χ4v) is 2.03. The Labute approximate surface area is 101 Å². The Bertz CT molecular complexity index is 366. The minimum Gasteiger partial charge on any atom is -0.431 e. The normalized spacial score (nSPS) is 24.1. The van der Waals surface area contributed by atoms with Gasteiger partial charge in [-0.1, -0.05) is 18.2 Å². The summed E-state index contributed by atoms with van der Waals surface area (Å²) in [6, 6.07) is 9.04. The van der Waals surface area contributed by atoms with Crippen LogP contribution in [0.2, 0.25) is 0 Å². The van der Waals surface area contributed by atoms with E-state index in [0.29, 0.717) is 5.75 Å². The first kappa shape index (κ1) is 11.9. The molecule has 17 heavy (non-hydrogen) atoms. The molecule has 0 saturated heterocycles. The van der Waals surface area contributed by atoms with Crippen molar-refractivity contribution >= 4 is 6.16 Å². The van der Waals surface area contributed by atoms with Crippen LogP contribution in [0.4, 0.5) is 4.79 Å². The van der Waals surface area contributed by atoms with Crippen LogP contribution in [-0.2, 0) is 4.74 Å². The molecule has 0 aliphatic heterocycles. The highest BCUT2D eigenvalue weighted by molar-refractivity contribution is 5.63. The Morgan fingerprint density at radius 1 is 1.24 bits per heavy atom. The second kappa shape index (κ2) is 5.68. The third kappa shape index (κ3) is 3.75. The van der Waals surface area contributed by atoms with Crippen LogP contribution in [-0.4, -0.2) is 18.3 Å². The Morgan fingerprint density at radius 3 is 2.71 bits per heavy atom. The highest BCUT2D eigenvalue weighted by atomic mass is 16.7. The summed E-state index contributed by atoms with van der Waals surface area (Å²) in [6.45, 7) is 0. The number of carbonyl (C=O) groups is 1. The van der Waals surface area contributed by atoms with Crippen molar-refractivity contribution < 1.29 is 14.3 Å². The van der Waals surface area contributed by atoms with Crippen LogP contribution < -0.4 is 10.5 Å². The molecular formula is C13H17NO3. The molecule has 4 nitrogen and oxygen atoms in total. The number of para-hydroxylation sites is 1. The topological polar surface area (TPSA) is 61.5 Å². The quantitative estimate of drug-likeness (QED) is 0.632. The van der Waals surface area contributed by atoms with E-state index >= 15 is 0 Å². The summed E-state index contributed by atoms with van der Waals surface area (Å²) in [4.78, 5) is 11.5. The Morgan fingerprint density at radius 2 is 2.00 bits per heavy atom. The van der Waals surface area contributed by atoms with Crippen LogP contribution in [0.3, 0.4) is 0 Å². The van der Waals surface area contributed by atoms with Crippen molar-refractivity contribution in [2.45, 2.75) is 37.8 Å². The number of hydrogen-bond donors (Lipinski definition) is 1. The maximum Gasteiger partial charge on any atom is 0.514 e. The van der Waals surface area contributed by atoms with Gasteiger partial charge in [0, 0.05) is 6.04 Å². The lowest BCUT2D eigenvalue weighted by Gasteiger charge is -2.25. The van der Waals surface area contributed by atoms with Gasteiger partial charge in [-0.15, -0.1) is 0 Å². The monoisotopic (exact) mass is 235 g/mol. The molecule has 1 aliphatic rings. The Kier molecular flexibility index (Phi) is 3.98. The molecule has 2 unspecified atom stereocenters. The van der Waals surface area contributed by atoms with E-state index < -0.39 is 6.16 Å². The van der Waals surface area contributed by atoms with Crippen molar-refractivity contribution in [3.63, 3.8) is 0 Å². The van der Waals surface area contributed by atoms with Gasteiger partial charge in [0.25, 0.3) is 0 Å². The molecule has 0 heterocycles. The molecule has 0 radical (unpaired) electrons. The number of carbonyl (C=O) groups excluding carboxylic acids is 1. The summed E-state index contributed by atoms with van der Waals surface area (Å²) in [7, 11) is 0. The average molecular weight is 235 g/mol. The van der Waals surface area contributed by atoms with Gasteiger partial charge in [-0.25, -0.2) is 4.79 Å². The van der Waals surface area contributed by atoms with E-state index in [9.17, 15) is 4.79 Å². The molecule has 0 amide bonds. The van der Waals surface area contributed by atoms with Gasteiger partial charge in [-0.3, -0.25) is 0 Å². The summed E-state index contributed by atoms with van der Waals surface area (Å²) in [5.74, 6) is 0.498. The van der Waals surface area contributed by atoms with Gasteiger partial charge in [-0.2, -0.15) is 0 Å². The second-order valence-electron chi connectivity index (χ2n) is 4.33. The molecule has 2 atom stereocenters. The highest BCUT2D eigenvalue weighted by Gasteiger charge is 2.23. The van der Waals surface area contributed by atoms with E-state index in [1.807, 2.05) is 6.07 Å². The van der Waals surface area contributed by atoms with Gasteiger partial charge in [0.2, 0.25) is 0 Å². The lowest BCUT2D eigenvalue weighted by Crippen LogP contribution is -2.34. The largest absolute Gasteiger partial charge is 0.514 e. The zero-order valence-electron chi connectivity index (χ0n) is 9.67. The van der Waals surface area contributed by atoms with E-state index in [0.717, 1.165) is 25.7 Å². The smallest absolute Gasteiger partial charge is 0.431 e. The van der Waals surface area contributed by atoms with Crippen molar-refractivity contribution in [2.24, 2.45) is 5.73 Å². The van der Waals surface area contributed by atoms with Gasteiger partial charge in [0.1, 0.15) is 11.9 Å². The number of hydrogen-bond acceptors (Lipinski definition) is 4. The first-order chi connectivity index (χ1) is 8.24. The molecule has 0 aromatic heterocycles. The van der Waals surface area contributed by atoms with Crippen LogP contribution in [0.5, 0.6) is 5.75 Å². The predicted octanol–water partition coefficient (Wildman–Crippen LogP) is 2.47. The van der Waals surface area contributed by atoms with Crippen molar-refractivity contribution in [2.75, 3.05) is 0 Å². The standard InChI is InChI=1S/C13H17NO3/c14-10-5-4-8-12(9-10)17-13(15)16-11-6-2-1-3-7-11/h1-3,6-7,10,12H,4-5,8-9,14H2. The summed E-state index contributed by atoms with van der Waals surface area (Å²) >= 11 is 0. The number of nitrogens with two attached hydrogens (primary N) is 1. The first-order valence-electron chi connectivity index (χ1n) is 5.93. The van der Waals surface area contributed by atoms with Crippen molar-refractivity contribution in [3.8, 4) is 5.75 Å². The lowest BCUT2D eigenvalue weighted by molar-refractivity contribution is 0.0382. The van der Waals surface area contributed by atoms with Crippen molar-refractivity contribution in [1.82, 2.24) is 0 Å². The molecule has 0 spiro atoms. The number of rotatable bonds is 2. The van der Waals surface area contributed by atoms with E-state index in [1.54, 1.807) is 24.3 Å². The van der Waals surface area contributed by atoms with Gasteiger partial charge in [-0.05, 0) is 37.8 Å². The molecule has 1 aromatic carbocycles. The summed E-state index contributed by atoms with van der Waals surface area (Å²) in [6.07, 6.45) is 2.87. The van der Waals surface area contributed by atoms with E-state index in [4.69, 9.17) is 15.2 Å². The van der Waals surface area contributed by atoms with Crippen LogP contribution in [0.15, 0.2) is 30.3 Å². The van der Waals surface area contributed by atoms with E-state index in [-0.39, 0.29) is 12.1 Å². The maximum absolute atomic E-state index is 11.5. The maximum atomic E-state index is 11.5. The van der Waals surface area contributed by atoms with Crippen molar-refractivity contribution in [3.05, 3.63) is 30.3 Å². The molecule has 4 heteroatoms. The molecule has 2 N–H and O–H groups in total. The summed E-state index contributed by atoms with van der Waals surface area (Å²) < 4.78 is 10.3.